The third-order valence-corrected chi connectivity index (χ3v) is 3.62. The van der Waals surface area contributed by atoms with Gasteiger partial charge in [0.1, 0.15) is 12.4 Å². The summed E-state index contributed by atoms with van der Waals surface area (Å²) in [7, 11) is 0. The summed E-state index contributed by atoms with van der Waals surface area (Å²) in [4.78, 5) is 0. The van der Waals surface area contributed by atoms with E-state index < -0.39 is 0 Å². The Balaban J connectivity index is 2.75. The van der Waals surface area contributed by atoms with Crippen LogP contribution in [0.3, 0.4) is 0 Å². The number of allylic oxidation sites excluding steroid dienone is 1. The first-order valence-corrected chi connectivity index (χ1v) is 7.72. The summed E-state index contributed by atoms with van der Waals surface area (Å²) in [6, 6.07) is 8.39. The first-order chi connectivity index (χ1) is 9.93. The van der Waals surface area contributed by atoms with Crippen LogP contribution < -0.4 is 4.74 Å². The van der Waals surface area contributed by atoms with Crippen molar-refractivity contribution in [1.29, 1.82) is 0 Å². The lowest BCUT2D eigenvalue weighted by Gasteiger charge is -2.15. The Morgan fingerprint density at radius 2 is 1.71 bits per heavy atom. The Labute approximate surface area is 130 Å². The molecule has 0 heterocycles. The maximum Gasteiger partial charge on any atom is 0.119 e. The molecule has 1 aromatic carbocycles. The predicted molar refractivity (Wildman–Crippen MR) is 91.6 cm³/mol. The van der Waals surface area contributed by atoms with E-state index in [1.807, 2.05) is 6.92 Å². The second kappa shape index (κ2) is 8.57. The average molecular weight is 284 g/mol. The largest absolute Gasteiger partial charge is 0.489 e. The van der Waals surface area contributed by atoms with E-state index in [1.54, 1.807) is 0 Å². The van der Waals surface area contributed by atoms with E-state index in [2.05, 4.69) is 70.7 Å². The summed E-state index contributed by atoms with van der Waals surface area (Å²) in [5.74, 6) is 8.26. The van der Waals surface area contributed by atoms with Gasteiger partial charge in [0.15, 0.2) is 0 Å². The Kier molecular flexibility index (Phi) is 7.09. The fourth-order valence-electron chi connectivity index (χ4n) is 2.06. The Morgan fingerprint density at radius 1 is 1.10 bits per heavy atom. The van der Waals surface area contributed by atoms with Crippen LogP contribution in [0.4, 0.5) is 0 Å². The molecule has 0 amide bonds. The van der Waals surface area contributed by atoms with Crippen molar-refractivity contribution in [3.05, 3.63) is 41.0 Å². The zero-order valence-electron chi connectivity index (χ0n) is 14.3. The van der Waals surface area contributed by atoms with Crippen LogP contribution in [-0.4, -0.2) is 6.61 Å². The predicted octanol–water partition coefficient (Wildman–Crippen LogP) is 5.57. The van der Waals surface area contributed by atoms with Crippen LogP contribution in [0, 0.1) is 17.8 Å². The molecule has 1 rings (SSSR count). The van der Waals surface area contributed by atoms with Gasteiger partial charge in [-0.1, -0.05) is 37.5 Å². The molecule has 0 aliphatic heterocycles. The van der Waals surface area contributed by atoms with Crippen LogP contribution in [0.5, 0.6) is 5.75 Å². The van der Waals surface area contributed by atoms with Crippen LogP contribution in [-0.2, 0) is 0 Å². The highest BCUT2D eigenvalue weighted by atomic mass is 16.5. The average Bonchev–Trinajstić information content (AvgIpc) is 2.44. The minimum absolute atomic E-state index is 0.323. The SMILES string of the molecule is CC#C[C@@H](CC(C)C)c1ccc(OCC(C)=C(C)C)cc1. The summed E-state index contributed by atoms with van der Waals surface area (Å²) >= 11 is 0. The Bertz CT molecular complexity index is 519. The van der Waals surface area contributed by atoms with E-state index >= 15 is 0 Å². The second-order valence-corrected chi connectivity index (χ2v) is 6.21. The number of benzene rings is 1. The van der Waals surface area contributed by atoms with Crippen molar-refractivity contribution >= 4 is 0 Å². The van der Waals surface area contributed by atoms with Crippen LogP contribution in [0.25, 0.3) is 0 Å². The molecule has 1 nitrogen and oxygen atoms in total. The fraction of sp³-hybridized carbons (Fsp3) is 0.500. The maximum atomic E-state index is 5.81. The van der Waals surface area contributed by atoms with Gasteiger partial charge in [-0.25, -0.2) is 0 Å². The molecule has 1 aromatic rings. The Hall–Kier alpha value is -1.68. The summed E-state index contributed by atoms with van der Waals surface area (Å²) in [6.45, 7) is 13.4. The number of ether oxygens (including phenoxy) is 1. The molecule has 0 aliphatic rings. The van der Waals surface area contributed by atoms with Crippen molar-refractivity contribution in [2.75, 3.05) is 6.61 Å². The molecular weight excluding hydrogens is 256 g/mol. The van der Waals surface area contributed by atoms with Gasteiger partial charge >= 0.3 is 0 Å². The van der Waals surface area contributed by atoms with Gasteiger partial charge in [-0.15, -0.1) is 5.92 Å². The van der Waals surface area contributed by atoms with Crippen LogP contribution >= 0.6 is 0 Å². The van der Waals surface area contributed by atoms with Crippen molar-refractivity contribution in [3.8, 4) is 17.6 Å². The summed E-state index contributed by atoms with van der Waals surface area (Å²) in [5, 5.41) is 0. The maximum absolute atomic E-state index is 5.81. The smallest absolute Gasteiger partial charge is 0.119 e. The van der Waals surface area contributed by atoms with Crippen molar-refractivity contribution in [2.24, 2.45) is 5.92 Å². The van der Waals surface area contributed by atoms with Gasteiger partial charge in [0.25, 0.3) is 0 Å². The van der Waals surface area contributed by atoms with Gasteiger partial charge in [-0.3, -0.25) is 0 Å². The summed E-state index contributed by atoms with van der Waals surface area (Å²) < 4.78 is 5.81. The number of rotatable bonds is 6. The molecule has 0 aromatic heterocycles. The lowest BCUT2D eigenvalue weighted by molar-refractivity contribution is 0.351. The standard InChI is InChI=1S/C20H28O/c1-7-8-19(13-15(2)3)18-9-11-20(12-10-18)21-14-17(6)16(4)5/h9-12,15,19H,13-14H2,1-6H3/t19-/m0/s1. The van der Waals surface area contributed by atoms with E-state index in [1.165, 1.54) is 16.7 Å². The molecule has 0 fully saturated rings. The molecule has 1 atom stereocenters. The van der Waals surface area contributed by atoms with Crippen molar-refractivity contribution in [3.63, 3.8) is 0 Å². The third kappa shape index (κ3) is 6.08. The molecule has 0 aliphatic carbocycles. The minimum Gasteiger partial charge on any atom is -0.489 e. The zero-order valence-corrected chi connectivity index (χ0v) is 14.3. The molecule has 0 saturated carbocycles. The first kappa shape index (κ1) is 17.4. The van der Waals surface area contributed by atoms with Gasteiger partial charge < -0.3 is 4.74 Å². The number of hydrogen-bond acceptors (Lipinski definition) is 1. The van der Waals surface area contributed by atoms with Crippen molar-refractivity contribution in [2.45, 2.75) is 53.9 Å². The molecule has 21 heavy (non-hydrogen) atoms. The monoisotopic (exact) mass is 284 g/mol. The topological polar surface area (TPSA) is 9.23 Å². The quantitative estimate of drug-likeness (QED) is 0.490. The van der Waals surface area contributed by atoms with E-state index in [0.29, 0.717) is 18.4 Å². The first-order valence-electron chi connectivity index (χ1n) is 7.72. The zero-order chi connectivity index (χ0) is 15.8. The van der Waals surface area contributed by atoms with E-state index in [9.17, 15) is 0 Å². The van der Waals surface area contributed by atoms with E-state index in [-0.39, 0.29) is 0 Å². The van der Waals surface area contributed by atoms with Gasteiger partial charge in [0.05, 0.1) is 0 Å². The minimum atomic E-state index is 0.323. The molecule has 0 saturated heterocycles. The molecule has 114 valence electrons. The molecule has 0 spiro atoms. The van der Waals surface area contributed by atoms with Crippen molar-refractivity contribution in [1.82, 2.24) is 0 Å². The lowest BCUT2D eigenvalue weighted by Crippen LogP contribution is -2.02. The molecular formula is C20H28O. The van der Waals surface area contributed by atoms with Crippen LogP contribution in [0.15, 0.2) is 35.4 Å². The van der Waals surface area contributed by atoms with Crippen molar-refractivity contribution < 1.29 is 4.74 Å². The van der Waals surface area contributed by atoms with Gasteiger partial charge in [-0.2, -0.15) is 0 Å². The van der Waals surface area contributed by atoms with E-state index in [0.717, 1.165) is 12.2 Å². The molecule has 1 heteroatoms. The molecule has 0 bridgehead atoms. The third-order valence-electron chi connectivity index (χ3n) is 3.62. The molecule has 0 unspecified atom stereocenters. The number of hydrogen-bond donors (Lipinski definition) is 0. The molecule has 0 N–H and O–H groups in total. The van der Waals surface area contributed by atoms with Gasteiger partial charge in [-0.05, 0) is 63.3 Å². The normalized spacial score (nSPS) is 11.6. The molecule has 0 radical (unpaired) electrons. The highest BCUT2D eigenvalue weighted by Crippen LogP contribution is 2.25. The van der Waals surface area contributed by atoms with Gasteiger partial charge in [0, 0.05) is 5.92 Å². The van der Waals surface area contributed by atoms with Crippen LogP contribution in [0.1, 0.15) is 59.4 Å². The Morgan fingerprint density at radius 3 is 2.19 bits per heavy atom. The van der Waals surface area contributed by atoms with Gasteiger partial charge in [0.2, 0.25) is 0 Å². The fourth-order valence-corrected chi connectivity index (χ4v) is 2.06. The highest BCUT2D eigenvalue weighted by molar-refractivity contribution is 5.33. The van der Waals surface area contributed by atoms with E-state index in [4.69, 9.17) is 4.74 Å². The highest BCUT2D eigenvalue weighted by Gasteiger charge is 2.10. The summed E-state index contributed by atoms with van der Waals surface area (Å²) in [6.07, 6.45) is 1.10. The summed E-state index contributed by atoms with van der Waals surface area (Å²) in [5.41, 5.74) is 3.89. The second-order valence-electron chi connectivity index (χ2n) is 6.21. The lowest BCUT2D eigenvalue weighted by atomic mass is 9.91. The van der Waals surface area contributed by atoms with Crippen LogP contribution in [0.2, 0.25) is 0 Å².